The molecule has 0 aliphatic heterocycles. The number of nitrogens with one attached hydrogen (secondary N) is 3. The Morgan fingerprint density at radius 1 is 0.735 bits per heavy atom. The maximum atomic E-state index is 13.4. The van der Waals surface area contributed by atoms with E-state index in [0.29, 0.717) is 34.4 Å². The molecule has 0 fully saturated rings. The van der Waals surface area contributed by atoms with Crippen molar-refractivity contribution in [2.45, 2.75) is 44.9 Å². The quantitative estimate of drug-likeness (QED) is 0.125. The summed E-state index contributed by atoms with van der Waals surface area (Å²) in [5.41, 5.74) is 4.44. The van der Waals surface area contributed by atoms with E-state index in [1.54, 1.807) is 48.5 Å². The molecule has 250 valence electrons. The van der Waals surface area contributed by atoms with Crippen LogP contribution in [0.2, 0.25) is 0 Å². The van der Waals surface area contributed by atoms with Crippen LogP contribution in [0.1, 0.15) is 57.1 Å². The predicted octanol–water partition coefficient (Wildman–Crippen LogP) is 8.43. The highest BCUT2D eigenvalue weighted by Crippen LogP contribution is 2.32. The van der Waals surface area contributed by atoms with Crippen LogP contribution >= 0.6 is 0 Å². The van der Waals surface area contributed by atoms with Gasteiger partial charge >= 0.3 is 6.18 Å². The van der Waals surface area contributed by atoms with E-state index in [2.05, 4.69) is 16.0 Å². The molecule has 0 unspecified atom stereocenters. The van der Waals surface area contributed by atoms with E-state index in [1.807, 2.05) is 61.5 Å². The minimum Gasteiger partial charge on any atom is -0.350 e. The molecule has 5 aromatic rings. The summed E-state index contributed by atoms with van der Waals surface area (Å²) < 4.78 is 39.2. The zero-order valence-corrected chi connectivity index (χ0v) is 26.9. The van der Waals surface area contributed by atoms with Gasteiger partial charge in [-0.05, 0) is 77.4 Å². The molecule has 9 heteroatoms. The summed E-state index contributed by atoms with van der Waals surface area (Å²) in [5, 5.41) is 8.72. The fourth-order valence-electron chi connectivity index (χ4n) is 5.51. The lowest BCUT2D eigenvalue weighted by Crippen LogP contribution is -2.40. The number of hydrogen-bond acceptors (Lipinski definition) is 3. The minimum atomic E-state index is -4.45. The first kappa shape index (κ1) is 34.6. The van der Waals surface area contributed by atoms with Gasteiger partial charge in [0.25, 0.3) is 5.91 Å². The van der Waals surface area contributed by atoms with Gasteiger partial charge in [0, 0.05) is 24.2 Å². The SMILES string of the molecule is Cc1cc(CNC(=O)[C@@H](NC(=O)CCCc2ccccc2)c2ccccc2)ccc1NC(=O)c1ccccc1-c1ccc(C(F)(F)F)cc1. The number of halogens is 3. The fraction of sp³-hybridized carbons (Fsp3) is 0.175. The van der Waals surface area contributed by atoms with Gasteiger partial charge in [-0.15, -0.1) is 0 Å². The first-order valence-corrected chi connectivity index (χ1v) is 15.9. The van der Waals surface area contributed by atoms with Gasteiger partial charge in [0.05, 0.1) is 5.56 Å². The Kier molecular flexibility index (Phi) is 11.3. The van der Waals surface area contributed by atoms with Crippen LogP contribution in [0.4, 0.5) is 18.9 Å². The Morgan fingerprint density at radius 3 is 2.06 bits per heavy atom. The zero-order chi connectivity index (χ0) is 34.8. The van der Waals surface area contributed by atoms with E-state index in [9.17, 15) is 27.6 Å². The third-order valence-electron chi connectivity index (χ3n) is 8.11. The Labute approximate surface area is 283 Å². The fourth-order valence-corrected chi connectivity index (χ4v) is 5.51. The van der Waals surface area contributed by atoms with Gasteiger partial charge in [0.15, 0.2) is 0 Å². The van der Waals surface area contributed by atoms with E-state index in [0.717, 1.165) is 35.2 Å². The molecule has 1 atom stereocenters. The summed E-state index contributed by atoms with van der Waals surface area (Å²) in [6.45, 7) is 2.02. The number of amides is 3. The topological polar surface area (TPSA) is 87.3 Å². The Morgan fingerprint density at radius 2 is 1.39 bits per heavy atom. The molecule has 3 N–H and O–H groups in total. The van der Waals surface area contributed by atoms with Crippen LogP contribution in [0.15, 0.2) is 127 Å². The molecule has 0 saturated carbocycles. The van der Waals surface area contributed by atoms with Gasteiger partial charge < -0.3 is 16.0 Å². The molecule has 6 nitrogen and oxygen atoms in total. The summed E-state index contributed by atoms with van der Waals surface area (Å²) in [6, 6.07) is 34.9. The average Bonchev–Trinajstić information content (AvgIpc) is 3.11. The molecular formula is C40H36F3N3O3. The maximum Gasteiger partial charge on any atom is 0.416 e. The standard InChI is InChI=1S/C40H36F3N3O3/c1-27-25-29(19-24-35(27)45-38(48)34-17-9-8-16-33(34)30-20-22-32(23-21-30)40(41,42)43)26-44-39(49)37(31-14-6-3-7-15-31)46-36(47)18-10-13-28-11-4-2-5-12-28/h2-9,11-12,14-17,19-25,37H,10,13,18,26H2,1H3,(H,44,49)(H,45,48)(H,46,47)/t37-/m0/s1. The van der Waals surface area contributed by atoms with E-state index < -0.39 is 23.7 Å². The van der Waals surface area contributed by atoms with Crippen molar-refractivity contribution in [2.75, 3.05) is 5.32 Å². The van der Waals surface area contributed by atoms with Gasteiger partial charge in [-0.25, -0.2) is 0 Å². The highest BCUT2D eigenvalue weighted by molar-refractivity contribution is 6.09. The summed E-state index contributed by atoms with van der Waals surface area (Å²) in [6.07, 6.45) is -2.75. The van der Waals surface area contributed by atoms with Crippen LogP contribution in [0.5, 0.6) is 0 Å². The van der Waals surface area contributed by atoms with E-state index in [1.165, 1.54) is 12.1 Å². The predicted molar refractivity (Wildman–Crippen MR) is 185 cm³/mol. The second-order valence-corrected chi connectivity index (χ2v) is 11.7. The van der Waals surface area contributed by atoms with Crippen LogP contribution < -0.4 is 16.0 Å². The molecule has 5 aromatic carbocycles. The van der Waals surface area contributed by atoms with Crippen molar-refractivity contribution < 1.29 is 27.6 Å². The molecule has 0 heterocycles. The van der Waals surface area contributed by atoms with Crippen LogP contribution in [0, 0.1) is 6.92 Å². The number of aryl methyl sites for hydroxylation is 2. The van der Waals surface area contributed by atoms with Crippen molar-refractivity contribution in [1.29, 1.82) is 0 Å². The Bertz CT molecular complexity index is 1890. The van der Waals surface area contributed by atoms with Gasteiger partial charge in [0.1, 0.15) is 6.04 Å². The van der Waals surface area contributed by atoms with Crippen molar-refractivity contribution in [3.63, 3.8) is 0 Å². The lowest BCUT2D eigenvalue weighted by Gasteiger charge is -2.19. The minimum absolute atomic E-state index is 0.192. The number of hydrogen-bond donors (Lipinski definition) is 3. The van der Waals surface area contributed by atoms with Gasteiger partial charge in [-0.2, -0.15) is 13.2 Å². The molecule has 0 radical (unpaired) electrons. The number of anilines is 1. The van der Waals surface area contributed by atoms with Gasteiger partial charge in [-0.3, -0.25) is 14.4 Å². The molecule has 49 heavy (non-hydrogen) atoms. The average molecular weight is 664 g/mol. The number of benzene rings is 5. The summed E-state index contributed by atoms with van der Waals surface area (Å²) in [7, 11) is 0. The highest BCUT2D eigenvalue weighted by atomic mass is 19.4. The first-order valence-electron chi connectivity index (χ1n) is 15.9. The number of alkyl halides is 3. The third-order valence-corrected chi connectivity index (χ3v) is 8.11. The van der Waals surface area contributed by atoms with Gasteiger partial charge in [0.2, 0.25) is 11.8 Å². The lowest BCUT2D eigenvalue weighted by atomic mass is 9.98. The molecule has 0 aliphatic carbocycles. The van der Waals surface area contributed by atoms with E-state index in [-0.39, 0.29) is 24.8 Å². The number of carbonyl (C=O) groups is 3. The zero-order valence-electron chi connectivity index (χ0n) is 26.9. The molecule has 0 saturated heterocycles. The summed E-state index contributed by atoms with van der Waals surface area (Å²) in [4.78, 5) is 39.6. The first-order chi connectivity index (χ1) is 23.6. The Hall–Kier alpha value is -5.70. The van der Waals surface area contributed by atoms with Crippen LogP contribution in [0.25, 0.3) is 11.1 Å². The third kappa shape index (κ3) is 9.44. The maximum absolute atomic E-state index is 13.4. The lowest BCUT2D eigenvalue weighted by molar-refractivity contribution is -0.137. The second-order valence-electron chi connectivity index (χ2n) is 11.7. The number of carbonyl (C=O) groups excluding carboxylic acids is 3. The normalized spacial score (nSPS) is 11.8. The van der Waals surface area contributed by atoms with Crippen molar-refractivity contribution >= 4 is 23.4 Å². The van der Waals surface area contributed by atoms with Crippen molar-refractivity contribution in [1.82, 2.24) is 10.6 Å². The van der Waals surface area contributed by atoms with Gasteiger partial charge in [-0.1, -0.05) is 103 Å². The number of rotatable bonds is 12. The van der Waals surface area contributed by atoms with Crippen molar-refractivity contribution in [3.8, 4) is 11.1 Å². The molecule has 0 aromatic heterocycles. The van der Waals surface area contributed by atoms with Crippen molar-refractivity contribution in [2.24, 2.45) is 0 Å². The monoisotopic (exact) mass is 663 g/mol. The van der Waals surface area contributed by atoms with Crippen LogP contribution in [-0.4, -0.2) is 17.7 Å². The molecule has 3 amide bonds. The summed E-state index contributed by atoms with van der Waals surface area (Å²) >= 11 is 0. The van der Waals surface area contributed by atoms with E-state index in [4.69, 9.17) is 0 Å². The second kappa shape index (κ2) is 15.9. The smallest absolute Gasteiger partial charge is 0.350 e. The van der Waals surface area contributed by atoms with Crippen molar-refractivity contribution in [3.05, 3.63) is 161 Å². The van der Waals surface area contributed by atoms with E-state index >= 15 is 0 Å². The summed E-state index contributed by atoms with van der Waals surface area (Å²) in [5.74, 6) is -0.974. The highest BCUT2D eigenvalue weighted by Gasteiger charge is 2.30. The molecular weight excluding hydrogens is 627 g/mol. The van der Waals surface area contributed by atoms with Crippen LogP contribution in [0.3, 0.4) is 0 Å². The molecule has 0 spiro atoms. The van der Waals surface area contributed by atoms with Crippen LogP contribution in [-0.2, 0) is 28.7 Å². The molecule has 5 rings (SSSR count). The largest absolute Gasteiger partial charge is 0.416 e. The molecule has 0 aliphatic rings. The Balaban J connectivity index is 1.21. The molecule has 0 bridgehead atoms.